The second kappa shape index (κ2) is 10.2. The van der Waals surface area contributed by atoms with Gasteiger partial charge in [-0.1, -0.05) is 45.2 Å². The first-order valence-corrected chi connectivity index (χ1v) is 11.9. The van der Waals surface area contributed by atoms with E-state index in [0.717, 1.165) is 30.3 Å². The summed E-state index contributed by atoms with van der Waals surface area (Å²) in [5, 5.41) is 5.86. The monoisotopic (exact) mass is 642 g/mol. The largest absolute Gasteiger partial charge is 0.488 e. The normalized spacial score (nSPS) is 11.2. The Morgan fingerprint density at radius 2 is 1.94 bits per heavy atom. The third-order valence-corrected chi connectivity index (χ3v) is 6.49. The van der Waals surface area contributed by atoms with Crippen molar-refractivity contribution in [3.8, 4) is 5.75 Å². The average Bonchev–Trinajstić information content (AvgIpc) is 3.19. The zero-order valence-corrected chi connectivity index (χ0v) is 21.5. The van der Waals surface area contributed by atoms with Gasteiger partial charge in [0.1, 0.15) is 17.9 Å². The summed E-state index contributed by atoms with van der Waals surface area (Å²) in [6.07, 6.45) is 1.56. The molecule has 1 aromatic heterocycles. The second-order valence-corrected chi connectivity index (χ2v) is 9.61. The molecule has 0 fully saturated rings. The molecule has 5 nitrogen and oxygen atoms in total. The van der Waals surface area contributed by atoms with Gasteiger partial charge >= 0.3 is 5.91 Å². The lowest BCUT2D eigenvalue weighted by atomic mass is 10.2. The average molecular weight is 644 g/mol. The highest BCUT2D eigenvalue weighted by molar-refractivity contribution is 14.1. The van der Waals surface area contributed by atoms with E-state index in [2.05, 4.69) is 49.0 Å². The van der Waals surface area contributed by atoms with Gasteiger partial charge in [-0.05, 0) is 88.3 Å². The summed E-state index contributed by atoms with van der Waals surface area (Å²) in [5.74, 6) is 0.493. The third-order valence-electron chi connectivity index (χ3n) is 4.42. The van der Waals surface area contributed by atoms with E-state index >= 15 is 0 Å². The van der Waals surface area contributed by atoms with Crippen LogP contribution in [0.5, 0.6) is 5.75 Å². The number of hydrogen-bond donors (Lipinski definition) is 1. The summed E-state index contributed by atoms with van der Waals surface area (Å²) in [4.78, 5) is 12.3. The smallest absolute Gasteiger partial charge is 0.307 e. The van der Waals surface area contributed by atoms with Crippen molar-refractivity contribution in [3.05, 3.63) is 95.6 Å². The highest BCUT2D eigenvalue weighted by Gasteiger charge is 2.12. The quantitative estimate of drug-likeness (QED) is 0.135. The van der Waals surface area contributed by atoms with Crippen molar-refractivity contribution in [2.24, 2.45) is 5.10 Å². The van der Waals surface area contributed by atoms with Gasteiger partial charge in [-0.2, -0.15) is 5.10 Å². The number of nitrogens with zero attached hydrogens (tertiary/aromatic N) is 1. The molecule has 4 rings (SSSR count). The summed E-state index contributed by atoms with van der Waals surface area (Å²) >= 11 is 17.6. The van der Waals surface area contributed by atoms with Gasteiger partial charge in [0.15, 0.2) is 5.76 Å². The van der Waals surface area contributed by atoms with Crippen molar-refractivity contribution in [2.75, 3.05) is 0 Å². The van der Waals surface area contributed by atoms with Crippen LogP contribution in [0.15, 0.2) is 74.7 Å². The van der Waals surface area contributed by atoms with Crippen molar-refractivity contribution in [3.63, 3.8) is 0 Å². The minimum Gasteiger partial charge on any atom is -0.488 e. The maximum Gasteiger partial charge on any atom is 0.307 e. The maximum atomic E-state index is 12.3. The first-order chi connectivity index (χ1) is 15.4. The van der Waals surface area contributed by atoms with Gasteiger partial charge in [-0.15, -0.1) is 0 Å². The number of fused-ring (bicyclic) bond motifs is 1. The van der Waals surface area contributed by atoms with Gasteiger partial charge in [0.05, 0.1) is 19.8 Å². The summed E-state index contributed by atoms with van der Waals surface area (Å²) in [7, 11) is 0. The molecule has 1 N–H and O–H groups in total. The Morgan fingerprint density at radius 3 is 2.72 bits per heavy atom. The van der Waals surface area contributed by atoms with Crippen LogP contribution in [0.2, 0.25) is 10.0 Å². The first kappa shape index (κ1) is 23.1. The number of carbonyl (C=O) groups is 1. The van der Waals surface area contributed by atoms with Crippen LogP contribution in [0.4, 0.5) is 0 Å². The van der Waals surface area contributed by atoms with Gasteiger partial charge < -0.3 is 9.15 Å². The lowest BCUT2D eigenvalue weighted by Crippen LogP contribution is -2.16. The molecule has 0 aliphatic carbocycles. The van der Waals surface area contributed by atoms with E-state index in [-0.39, 0.29) is 5.76 Å². The number of hydrogen-bond acceptors (Lipinski definition) is 4. The zero-order valence-electron chi connectivity index (χ0n) is 16.2. The van der Waals surface area contributed by atoms with Gasteiger partial charge in [-0.3, -0.25) is 4.79 Å². The van der Waals surface area contributed by atoms with E-state index in [1.165, 1.54) is 0 Å². The molecule has 9 heteroatoms. The molecule has 0 spiro atoms. The Morgan fingerprint density at radius 1 is 1.09 bits per heavy atom. The van der Waals surface area contributed by atoms with Crippen LogP contribution in [-0.2, 0) is 6.61 Å². The fourth-order valence-corrected chi connectivity index (χ4v) is 4.25. The Labute approximate surface area is 216 Å². The van der Waals surface area contributed by atoms with E-state index in [9.17, 15) is 4.79 Å². The third kappa shape index (κ3) is 5.64. The molecule has 0 saturated heterocycles. The Hall–Kier alpha value is -2.07. The van der Waals surface area contributed by atoms with E-state index in [1.54, 1.807) is 30.5 Å². The molecule has 0 unspecified atom stereocenters. The molecule has 3 aromatic carbocycles. The fourth-order valence-electron chi connectivity index (χ4n) is 2.85. The molecule has 0 radical (unpaired) electrons. The highest BCUT2D eigenvalue weighted by atomic mass is 127. The minimum atomic E-state index is -0.426. The van der Waals surface area contributed by atoms with Gasteiger partial charge in [-0.25, -0.2) is 5.43 Å². The van der Waals surface area contributed by atoms with Crippen molar-refractivity contribution in [1.82, 2.24) is 5.43 Å². The van der Waals surface area contributed by atoms with Crippen LogP contribution < -0.4 is 10.2 Å². The highest BCUT2D eigenvalue weighted by Crippen LogP contribution is 2.26. The number of carbonyl (C=O) groups excluding carboxylic acids is 1. The minimum absolute atomic E-state index is 0.191. The van der Waals surface area contributed by atoms with Crippen molar-refractivity contribution >= 4 is 84.8 Å². The number of benzene rings is 3. The molecule has 4 aromatic rings. The van der Waals surface area contributed by atoms with Gasteiger partial charge in [0, 0.05) is 9.86 Å². The topological polar surface area (TPSA) is 63.8 Å². The second-order valence-electron chi connectivity index (χ2n) is 6.72. The molecule has 0 aliphatic rings. The summed E-state index contributed by atoms with van der Waals surface area (Å²) in [6.45, 7) is 0.366. The van der Waals surface area contributed by atoms with E-state index < -0.39 is 5.91 Å². The molecule has 162 valence electrons. The number of nitrogens with one attached hydrogen (secondary N) is 1. The zero-order chi connectivity index (χ0) is 22.7. The summed E-state index contributed by atoms with van der Waals surface area (Å²) in [6, 6.07) is 18.2. The fraction of sp³-hybridized carbons (Fsp3) is 0.0435. The van der Waals surface area contributed by atoms with Crippen molar-refractivity contribution in [1.29, 1.82) is 0 Å². The molecule has 1 heterocycles. The van der Waals surface area contributed by atoms with Crippen LogP contribution in [0.1, 0.15) is 21.7 Å². The lowest BCUT2D eigenvalue weighted by Gasteiger charge is -2.09. The molecule has 1 amide bonds. The maximum absolute atomic E-state index is 12.3. The molecule has 0 atom stereocenters. The Kier molecular flexibility index (Phi) is 7.40. The predicted octanol–water partition coefficient (Wildman–Crippen LogP) is 7.45. The van der Waals surface area contributed by atoms with Crippen LogP contribution in [0, 0.1) is 3.57 Å². The van der Waals surface area contributed by atoms with Gasteiger partial charge in [0.25, 0.3) is 0 Å². The Balaban J connectivity index is 1.36. The Bertz CT molecular complexity index is 1340. The van der Waals surface area contributed by atoms with Crippen molar-refractivity contribution < 1.29 is 13.9 Å². The number of hydrazone groups is 1. The van der Waals surface area contributed by atoms with Gasteiger partial charge in [0.2, 0.25) is 0 Å². The summed E-state index contributed by atoms with van der Waals surface area (Å²) < 4.78 is 13.2. The predicted molar refractivity (Wildman–Crippen MR) is 139 cm³/mol. The molecule has 0 bridgehead atoms. The molecule has 0 saturated carbocycles. The first-order valence-electron chi connectivity index (χ1n) is 9.28. The van der Waals surface area contributed by atoms with Crippen LogP contribution in [0.25, 0.3) is 11.0 Å². The number of rotatable bonds is 6. The molecule has 32 heavy (non-hydrogen) atoms. The van der Waals surface area contributed by atoms with E-state index in [1.807, 2.05) is 36.4 Å². The standard InChI is InChI=1S/C23H14BrCl2IN2O3/c24-16-3-6-20-15(9-16)10-22(32-20)23(30)29-28-11-13-2-5-21(19(27)8-13)31-12-14-1-4-17(25)18(26)7-14/h1-11H,12H2,(H,29,30)/b28-11+. The van der Waals surface area contributed by atoms with Crippen molar-refractivity contribution in [2.45, 2.75) is 6.61 Å². The molecular weight excluding hydrogens is 630 g/mol. The number of amides is 1. The number of halogens is 4. The van der Waals surface area contributed by atoms with Crippen LogP contribution in [0.3, 0.4) is 0 Å². The molecular formula is C23H14BrCl2IN2O3. The number of ether oxygens (including phenoxy) is 1. The van der Waals surface area contributed by atoms with Crippen LogP contribution in [-0.4, -0.2) is 12.1 Å². The van der Waals surface area contributed by atoms with Crippen LogP contribution >= 0.6 is 61.7 Å². The van der Waals surface area contributed by atoms with E-state index in [0.29, 0.717) is 22.2 Å². The molecule has 0 aliphatic heterocycles. The lowest BCUT2D eigenvalue weighted by molar-refractivity contribution is 0.0929. The number of furan rings is 1. The van der Waals surface area contributed by atoms with E-state index in [4.69, 9.17) is 32.4 Å². The SMILES string of the molecule is O=C(N/N=C/c1ccc(OCc2ccc(Cl)c(Cl)c2)c(I)c1)c1cc2cc(Br)ccc2o1. The summed E-state index contributed by atoms with van der Waals surface area (Å²) in [5.41, 5.74) is 4.84.